The van der Waals surface area contributed by atoms with Gasteiger partial charge >= 0.3 is 0 Å². The van der Waals surface area contributed by atoms with Crippen molar-refractivity contribution in [3.05, 3.63) is 66.0 Å². The van der Waals surface area contributed by atoms with Crippen LogP contribution in [0.5, 0.6) is 0 Å². The summed E-state index contributed by atoms with van der Waals surface area (Å²) in [4.78, 5) is 18.9. The summed E-state index contributed by atoms with van der Waals surface area (Å²) in [5, 5.41) is 3.42. The van der Waals surface area contributed by atoms with E-state index in [4.69, 9.17) is 0 Å². The maximum absolute atomic E-state index is 12.8. The zero-order chi connectivity index (χ0) is 14.5. The second-order valence-electron chi connectivity index (χ2n) is 5.20. The average molecular weight is 281 g/mol. The predicted molar refractivity (Wildman–Crippen MR) is 81.9 cm³/mol. The average Bonchev–Trinajstić information content (AvgIpc) is 2.81. The molecule has 4 nitrogen and oxygen atoms in total. The van der Waals surface area contributed by atoms with Gasteiger partial charge in [0.25, 0.3) is 5.91 Å². The zero-order valence-electron chi connectivity index (χ0n) is 11.9. The van der Waals surface area contributed by atoms with Crippen molar-refractivity contribution in [2.45, 2.75) is 12.5 Å². The van der Waals surface area contributed by atoms with Gasteiger partial charge in [-0.25, -0.2) is 0 Å². The van der Waals surface area contributed by atoms with Crippen LogP contribution in [0.4, 0.5) is 0 Å². The Bertz CT molecular complexity index is 585. The minimum Gasteiger partial charge on any atom is -0.329 e. The van der Waals surface area contributed by atoms with Gasteiger partial charge in [0.05, 0.1) is 6.04 Å². The zero-order valence-corrected chi connectivity index (χ0v) is 11.9. The molecular weight excluding hydrogens is 262 g/mol. The number of amides is 1. The van der Waals surface area contributed by atoms with Crippen molar-refractivity contribution >= 4 is 5.91 Å². The number of nitrogens with one attached hydrogen (secondary N) is 1. The molecule has 1 aliphatic rings. The van der Waals surface area contributed by atoms with E-state index in [1.165, 1.54) is 0 Å². The molecule has 0 spiro atoms. The number of carbonyl (C=O) groups is 1. The molecule has 1 aromatic heterocycles. The summed E-state index contributed by atoms with van der Waals surface area (Å²) in [6.45, 7) is 2.47. The maximum Gasteiger partial charge on any atom is 0.273 e. The lowest BCUT2D eigenvalue weighted by Gasteiger charge is -2.30. The van der Waals surface area contributed by atoms with Crippen LogP contribution < -0.4 is 5.32 Å². The van der Waals surface area contributed by atoms with Crippen molar-refractivity contribution in [3.63, 3.8) is 0 Å². The van der Waals surface area contributed by atoms with Crippen molar-refractivity contribution in [1.29, 1.82) is 0 Å². The van der Waals surface area contributed by atoms with E-state index < -0.39 is 0 Å². The first-order valence-electron chi connectivity index (χ1n) is 7.34. The quantitative estimate of drug-likeness (QED) is 0.918. The largest absolute Gasteiger partial charge is 0.329 e. The van der Waals surface area contributed by atoms with Crippen LogP contribution in [0.1, 0.15) is 28.5 Å². The van der Waals surface area contributed by atoms with E-state index in [0.29, 0.717) is 5.69 Å². The fourth-order valence-corrected chi connectivity index (χ4v) is 2.73. The summed E-state index contributed by atoms with van der Waals surface area (Å²) in [6, 6.07) is 15.7. The van der Waals surface area contributed by atoms with E-state index in [0.717, 1.165) is 31.6 Å². The van der Waals surface area contributed by atoms with Gasteiger partial charge in [-0.3, -0.25) is 9.78 Å². The second-order valence-corrected chi connectivity index (χ2v) is 5.20. The SMILES string of the molecule is O=C(c1ccccn1)N1CCCNCC1c1ccccc1. The first-order valence-corrected chi connectivity index (χ1v) is 7.34. The molecule has 108 valence electrons. The Labute approximate surface area is 124 Å². The third-order valence-electron chi connectivity index (χ3n) is 3.80. The third kappa shape index (κ3) is 3.11. The topological polar surface area (TPSA) is 45.2 Å². The highest BCUT2D eigenvalue weighted by molar-refractivity contribution is 5.92. The molecule has 0 aliphatic carbocycles. The standard InChI is InChI=1S/C17H19N3O/c21-17(15-9-4-5-11-19-15)20-12-6-10-18-13-16(20)14-7-2-1-3-8-14/h1-5,7-9,11,16,18H,6,10,12-13H2. The van der Waals surface area contributed by atoms with E-state index in [1.807, 2.05) is 35.2 Å². The van der Waals surface area contributed by atoms with Crippen LogP contribution in [0.25, 0.3) is 0 Å². The van der Waals surface area contributed by atoms with Gasteiger partial charge in [0.15, 0.2) is 0 Å². The number of nitrogens with zero attached hydrogens (tertiary/aromatic N) is 2. The van der Waals surface area contributed by atoms with Crippen LogP contribution in [0, 0.1) is 0 Å². The van der Waals surface area contributed by atoms with Gasteiger partial charge in [0, 0.05) is 19.3 Å². The third-order valence-corrected chi connectivity index (χ3v) is 3.80. The number of rotatable bonds is 2. The van der Waals surface area contributed by atoms with Crippen LogP contribution in [0.2, 0.25) is 0 Å². The summed E-state index contributed by atoms with van der Waals surface area (Å²) < 4.78 is 0. The molecule has 21 heavy (non-hydrogen) atoms. The predicted octanol–water partition coefficient (Wildman–Crippen LogP) is 2.26. The monoisotopic (exact) mass is 281 g/mol. The fraction of sp³-hybridized carbons (Fsp3) is 0.294. The molecule has 2 heterocycles. The number of pyridine rings is 1. The lowest BCUT2D eigenvalue weighted by atomic mass is 10.0. The molecule has 0 saturated carbocycles. The van der Waals surface area contributed by atoms with Crippen LogP contribution in [0.15, 0.2) is 54.7 Å². The highest BCUT2D eigenvalue weighted by Crippen LogP contribution is 2.23. The maximum atomic E-state index is 12.8. The van der Waals surface area contributed by atoms with E-state index in [9.17, 15) is 4.79 Å². The first kappa shape index (κ1) is 13.8. The molecule has 4 heteroatoms. The first-order chi connectivity index (χ1) is 10.4. The highest BCUT2D eigenvalue weighted by Gasteiger charge is 2.27. The molecule has 0 radical (unpaired) electrons. The number of hydrogen-bond donors (Lipinski definition) is 1. The molecule has 1 amide bonds. The minimum atomic E-state index is 0.00755. The van der Waals surface area contributed by atoms with E-state index >= 15 is 0 Å². The van der Waals surface area contributed by atoms with Crippen molar-refractivity contribution in [3.8, 4) is 0 Å². The van der Waals surface area contributed by atoms with Gasteiger partial charge < -0.3 is 10.2 Å². The molecule has 3 rings (SSSR count). The Morgan fingerprint density at radius 1 is 1.14 bits per heavy atom. The Kier molecular flexibility index (Phi) is 4.26. The lowest BCUT2D eigenvalue weighted by molar-refractivity contribution is 0.0685. The van der Waals surface area contributed by atoms with Crippen molar-refractivity contribution in [2.75, 3.05) is 19.6 Å². The Hall–Kier alpha value is -2.20. The lowest BCUT2D eigenvalue weighted by Crippen LogP contribution is -2.38. The molecule has 0 bridgehead atoms. The van der Waals surface area contributed by atoms with Gasteiger partial charge in [0.1, 0.15) is 5.69 Å². The summed E-state index contributed by atoms with van der Waals surface area (Å²) in [5.74, 6) is 0.00755. The van der Waals surface area contributed by atoms with Gasteiger partial charge in [-0.1, -0.05) is 36.4 Å². The fourth-order valence-electron chi connectivity index (χ4n) is 2.73. The van der Waals surface area contributed by atoms with Crippen molar-refractivity contribution in [1.82, 2.24) is 15.2 Å². The molecule has 2 aromatic rings. The van der Waals surface area contributed by atoms with Crippen LogP contribution in [0.3, 0.4) is 0 Å². The van der Waals surface area contributed by atoms with E-state index in [2.05, 4.69) is 22.4 Å². The number of benzene rings is 1. The van der Waals surface area contributed by atoms with Crippen LogP contribution in [-0.4, -0.2) is 35.4 Å². The van der Waals surface area contributed by atoms with Crippen molar-refractivity contribution < 1.29 is 4.79 Å². The Balaban J connectivity index is 1.91. The second kappa shape index (κ2) is 6.50. The normalized spacial score (nSPS) is 19.0. The van der Waals surface area contributed by atoms with Gasteiger partial charge in [-0.15, -0.1) is 0 Å². The Morgan fingerprint density at radius 3 is 2.71 bits per heavy atom. The van der Waals surface area contributed by atoms with Crippen LogP contribution in [-0.2, 0) is 0 Å². The molecule has 1 atom stereocenters. The summed E-state index contributed by atoms with van der Waals surface area (Å²) >= 11 is 0. The molecule has 1 N–H and O–H groups in total. The van der Waals surface area contributed by atoms with E-state index in [-0.39, 0.29) is 11.9 Å². The smallest absolute Gasteiger partial charge is 0.273 e. The molecule has 1 fully saturated rings. The molecule has 1 unspecified atom stereocenters. The number of aromatic nitrogens is 1. The number of carbonyl (C=O) groups excluding carboxylic acids is 1. The summed E-state index contributed by atoms with van der Waals surface area (Å²) in [6.07, 6.45) is 2.63. The summed E-state index contributed by atoms with van der Waals surface area (Å²) in [7, 11) is 0. The van der Waals surface area contributed by atoms with Crippen molar-refractivity contribution in [2.24, 2.45) is 0 Å². The van der Waals surface area contributed by atoms with Crippen LogP contribution >= 0.6 is 0 Å². The van der Waals surface area contributed by atoms with E-state index in [1.54, 1.807) is 12.3 Å². The summed E-state index contributed by atoms with van der Waals surface area (Å²) in [5.41, 5.74) is 1.68. The van der Waals surface area contributed by atoms with Gasteiger partial charge in [-0.05, 0) is 30.7 Å². The highest BCUT2D eigenvalue weighted by atomic mass is 16.2. The number of hydrogen-bond acceptors (Lipinski definition) is 3. The molecular formula is C17H19N3O. The molecule has 1 saturated heterocycles. The van der Waals surface area contributed by atoms with Gasteiger partial charge in [0.2, 0.25) is 0 Å². The van der Waals surface area contributed by atoms with Gasteiger partial charge in [-0.2, -0.15) is 0 Å². The molecule has 1 aliphatic heterocycles. The Morgan fingerprint density at radius 2 is 1.95 bits per heavy atom. The molecule has 1 aromatic carbocycles. The minimum absolute atomic E-state index is 0.00755.